The molecule has 0 aliphatic rings. The highest BCUT2D eigenvalue weighted by Crippen LogP contribution is 2.43. The molecular formula is C47H76NO7P. The number of phosphoric acid groups is 1. The zero-order valence-electron chi connectivity index (χ0n) is 34.8. The lowest BCUT2D eigenvalue weighted by Gasteiger charge is -2.19. The molecule has 316 valence electrons. The molecule has 0 heterocycles. The second-order valence-corrected chi connectivity index (χ2v) is 14.6. The average molecular weight is 798 g/mol. The van der Waals surface area contributed by atoms with Gasteiger partial charge in [0, 0.05) is 13.2 Å². The molecule has 0 saturated carbocycles. The fourth-order valence-electron chi connectivity index (χ4n) is 4.92. The van der Waals surface area contributed by atoms with E-state index in [2.05, 4.69) is 123 Å². The van der Waals surface area contributed by atoms with Crippen molar-refractivity contribution in [2.75, 3.05) is 33.0 Å². The van der Waals surface area contributed by atoms with Crippen molar-refractivity contribution in [3.05, 3.63) is 122 Å². The van der Waals surface area contributed by atoms with Crippen LogP contribution in [0.15, 0.2) is 122 Å². The van der Waals surface area contributed by atoms with Crippen molar-refractivity contribution in [1.29, 1.82) is 0 Å². The minimum absolute atomic E-state index is 0.0571. The number of carbonyl (C=O) groups is 1. The van der Waals surface area contributed by atoms with Gasteiger partial charge < -0.3 is 20.1 Å². The Hall–Kier alpha value is -3.10. The van der Waals surface area contributed by atoms with Crippen LogP contribution >= 0.6 is 7.82 Å². The van der Waals surface area contributed by atoms with Crippen LogP contribution in [-0.2, 0) is 27.9 Å². The van der Waals surface area contributed by atoms with E-state index in [-0.39, 0.29) is 32.8 Å². The van der Waals surface area contributed by atoms with Crippen LogP contribution in [0.1, 0.15) is 129 Å². The highest BCUT2D eigenvalue weighted by atomic mass is 31.2. The van der Waals surface area contributed by atoms with Gasteiger partial charge in [0.2, 0.25) is 0 Å². The summed E-state index contributed by atoms with van der Waals surface area (Å²) in [6.07, 6.45) is 59.6. The van der Waals surface area contributed by atoms with Crippen molar-refractivity contribution < 1.29 is 32.8 Å². The Morgan fingerprint density at radius 2 is 0.946 bits per heavy atom. The molecule has 0 radical (unpaired) electrons. The Balaban J connectivity index is 4.21. The SMILES string of the molecule is CC/C=C\C/C=C\C/C=C\C/C=C\C/C=C\CCCCCCCCOCC(COP(=O)(O)OCCN)OC(=O)C/C=C\C/C=C\C/C=C\C/C=C\C/C=C\CC. The number of rotatable bonds is 38. The van der Waals surface area contributed by atoms with Crippen molar-refractivity contribution in [1.82, 2.24) is 0 Å². The maximum atomic E-state index is 12.5. The molecule has 0 aromatic rings. The molecule has 0 amide bonds. The van der Waals surface area contributed by atoms with Crippen molar-refractivity contribution in [3.63, 3.8) is 0 Å². The zero-order valence-corrected chi connectivity index (χ0v) is 35.7. The minimum Gasteiger partial charge on any atom is -0.457 e. The molecule has 8 nitrogen and oxygen atoms in total. The third-order valence-electron chi connectivity index (χ3n) is 7.91. The first-order chi connectivity index (χ1) is 27.4. The summed E-state index contributed by atoms with van der Waals surface area (Å²) >= 11 is 0. The summed E-state index contributed by atoms with van der Waals surface area (Å²) in [5, 5.41) is 0. The highest BCUT2D eigenvalue weighted by molar-refractivity contribution is 7.47. The van der Waals surface area contributed by atoms with E-state index in [0.717, 1.165) is 83.5 Å². The van der Waals surface area contributed by atoms with Crippen LogP contribution in [0.4, 0.5) is 0 Å². The topological polar surface area (TPSA) is 117 Å². The minimum atomic E-state index is -4.31. The van der Waals surface area contributed by atoms with E-state index in [1.807, 2.05) is 6.08 Å². The van der Waals surface area contributed by atoms with Crippen LogP contribution in [0.3, 0.4) is 0 Å². The number of esters is 1. The Morgan fingerprint density at radius 1 is 0.536 bits per heavy atom. The van der Waals surface area contributed by atoms with E-state index in [0.29, 0.717) is 13.0 Å². The van der Waals surface area contributed by atoms with Crippen molar-refractivity contribution >= 4 is 13.8 Å². The Bertz CT molecular complexity index is 1260. The number of unbranched alkanes of at least 4 members (excludes halogenated alkanes) is 6. The number of allylic oxidation sites excluding steroid dienone is 19. The van der Waals surface area contributed by atoms with Gasteiger partial charge in [-0.15, -0.1) is 0 Å². The number of ether oxygens (including phenoxy) is 2. The Kier molecular flexibility index (Phi) is 40.6. The van der Waals surface area contributed by atoms with Gasteiger partial charge in [0.15, 0.2) is 0 Å². The molecule has 0 aliphatic carbocycles. The van der Waals surface area contributed by atoms with Gasteiger partial charge in [-0.3, -0.25) is 13.8 Å². The summed E-state index contributed by atoms with van der Waals surface area (Å²) < 4.78 is 33.2. The summed E-state index contributed by atoms with van der Waals surface area (Å²) in [6.45, 7) is 4.47. The number of hydrogen-bond acceptors (Lipinski definition) is 7. The number of carbonyl (C=O) groups excluding carboxylic acids is 1. The highest BCUT2D eigenvalue weighted by Gasteiger charge is 2.25. The third kappa shape index (κ3) is 42.1. The Morgan fingerprint density at radius 3 is 1.41 bits per heavy atom. The quantitative estimate of drug-likeness (QED) is 0.0274. The van der Waals surface area contributed by atoms with Crippen molar-refractivity contribution in [3.8, 4) is 0 Å². The van der Waals surface area contributed by atoms with Crippen LogP contribution < -0.4 is 5.73 Å². The number of nitrogens with two attached hydrogens (primary N) is 1. The second-order valence-electron chi connectivity index (χ2n) is 13.1. The second kappa shape index (κ2) is 43.0. The first-order valence-electron chi connectivity index (χ1n) is 21.0. The average Bonchev–Trinajstić information content (AvgIpc) is 3.19. The van der Waals surface area contributed by atoms with Gasteiger partial charge in [-0.25, -0.2) is 4.57 Å². The fourth-order valence-corrected chi connectivity index (χ4v) is 5.69. The van der Waals surface area contributed by atoms with Gasteiger partial charge in [-0.1, -0.05) is 161 Å². The van der Waals surface area contributed by atoms with Crippen LogP contribution in [0.5, 0.6) is 0 Å². The van der Waals surface area contributed by atoms with Crippen LogP contribution in [0.25, 0.3) is 0 Å². The molecule has 2 atom stereocenters. The van der Waals surface area contributed by atoms with Crippen molar-refractivity contribution in [2.24, 2.45) is 5.73 Å². The molecule has 0 saturated heterocycles. The van der Waals surface area contributed by atoms with Crippen LogP contribution in [-0.4, -0.2) is 49.9 Å². The van der Waals surface area contributed by atoms with Gasteiger partial charge in [0.1, 0.15) is 6.10 Å². The monoisotopic (exact) mass is 798 g/mol. The summed E-state index contributed by atoms with van der Waals surface area (Å²) in [5.74, 6) is -0.469. The van der Waals surface area contributed by atoms with E-state index in [1.165, 1.54) is 19.3 Å². The molecule has 0 aromatic heterocycles. The molecule has 9 heteroatoms. The molecule has 0 spiro atoms. The molecular weight excluding hydrogens is 721 g/mol. The van der Waals surface area contributed by atoms with E-state index >= 15 is 0 Å². The molecule has 0 bridgehead atoms. The normalized spacial score (nSPS) is 14.7. The summed E-state index contributed by atoms with van der Waals surface area (Å²) in [5.41, 5.74) is 5.36. The number of hydrogen-bond donors (Lipinski definition) is 2. The van der Waals surface area contributed by atoms with E-state index in [9.17, 15) is 14.3 Å². The van der Waals surface area contributed by atoms with E-state index in [1.54, 1.807) is 6.08 Å². The van der Waals surface area contributed by atoms with Gasteiger partial charge >= 0.3 is 13.8 Å². The standard InChI is InChI=1S/C47H76NO7P/c1-3-5-7-9-11-13-15-17-19-20-21-22-23-24-25-27-29-31-33-35-37-39-42-52-44-46(45-54-56(50,51)53-43-41-48)55-47(49)40-38-36-34-32-30-28-26-18-16-14-12-10-8-6-4-2/h5-8,11-14,17-19,21-22,24-26,30,32,36,38,46H,3-4,9-10,15-16,20,23,27-29,31,33-35,37,39-45,48H2,1-2H3,(H,50,51)/b7-5-,8-6-,13-11-,14-12-,19-17-,22-21-,25-24-,26-18-,32-30-,38-36-. The third-order valence-corrected chi connectivity index (χ3v) is 8.89. The lowest BCUT2D eigenvalue weighted by molar-refractivity contribution is -0.153. The summed E-state index contributed by atoms with van der Waals surface area (Å²) in [7, 11) is -4.31. The zero-order chi connectivity index (χ0) is 40.9. The van der Waals surface area contributed by atoms with Crippen molar-refractivity contribution in [2.45, 2.75) is 136 Å². The van der Waals surface area contributed by atoms with Crippen LogP contribution in [0.2, 0.25) is 0 Å². The van der Waals surface area contributed by atoms with Gasteiger partial charge in [-0.2, -0.15) is 0 Å². The van der Waals surface area contributed by atoms with E-state index < -0.39 is 19.9 Å². The van der Waals surface area contributed by atoms with Gasteiger partial charge in [0.25, 0.3) is 0 Å². The molecule has 0 aliphatic heterocycles. The largest absolute Gasteiger partial charge is 0.472 e. The van der Waals surface area contributed by atoms with E-state index in [4.69, 9.17) is 24.3 Å². The molecule has 0 fully saturated rings. The lowest BCUT2D eigenvalue weighted by Crippen LogP contribution is -2.28. The van der Waals surface area contributed by atoms with Gasteiger partial charge in [0.05, 0.1) is 26.2 Å². The number of phosphoric ester groups is 1. The fraction of sp³-hybridized carbons (Fsp3) is 0.553. The van der Waals surface area contributed by atoms with Crippen LogP contribution in [0, 0.1) is 0 Å². The van der Waals surface area contributed by atoms with Gasteiger partial charge in [-0.05, 0) is 83.5 Å². The molecule has 2 unspecified atom stereocenters. The first kappa shape index (κ1) is 52.9. The predicted octanol–water partition coefficient (Wildman–Crippen LogP) is 12.6. The molecule has 56 heavy (non-hydrogen) atoms. The Labute approximate surface area is 341 Å². The molecule has 0 aromatic carbocycles. The lowest BCUT2D eigenvalue weighted by atomic mass is 10.1. The predicted molar refractivity (Wildman–Crippen MR) is 237 cm³/mol. The smallest absolute Gasteiger partial charge is 0.457 e. The maximum absolute atomic E-state index is 12.5. The first-order valence-corrected chi connectivity index (χ1v) is 22.5. The summed E-state index contributed by atoms with van der Waals surface area (Å²) in [6, 6.07) is 0. The maximum Gasteiger partial charge on any atom is 0.472 e. The molecule has 0 rings (SSSR count). The summed E-state index contributed by atoms with van der Waals surface area (Å²) in [4.78, 5) is 22.4. The molecule has 3 N–H and O–H groups in total.